The number of anilines is 1. The molecule has 0 aromatic heterocycles. The minimum Gasteiger partial charge on any atom is -0.508 e. The summed E-state index contributed by atoms with van der Waals surface area (Å²) in [6.45, 7) is 1.74. The zero-order valence-electron chi connectivity index (χ0n) is 14.9. The molecule has 1 fully saturated rings. The highest BCUT2D eigenvalue weighted by Gasteiger charge is 2.33. The van der Waals surface area contributed by atoms with Crippen molar-refractivity contribution in [2.75, 3.05) is 4.90 Å². The van der Waals surface area contributed by atoms with Gasteiger partial charge in [-0.2, -0.15) is 0 Å². The van der Waals surface area contributed by atoms with E-state index >= 15 is 0 Å². The number of aromatic hydroxyl groups is 1. The number of amides is 1. The van der Waals surface area contributed by atoms with E-state index in [4.69, 9.17) is 22.1 Å². The lowest BCUT2D eigenvalue weighted by atomic mass is 10.2. The molecular weight excluding hydrogens is 398 g/mol. The Morgan fingerprint density at radius 1 is 1.21 bits per heavy atom. The third-order valence-electron chi connectivity index (χ3n) is 4.00. The molecule has 1 unspecified atom stereocenters. The van der Waals surface area contributed by atoms with Crippen LogP contribution in [0.5, 0.6) is 11.5 Å². The Kier molecular flexibility index (Phi) is 6.01. The molecule has 8 heteroatoms. The van der Waals surface area contributed by atoms with Gasteiger partial charge in [-0.25, -0.2) is 4.79 Å². The fourth-order valence-electron chi connectivity index (χ4n) is 2.56. The van der Waals surface area contributed by atoms with E-state index in [9.17, 15) is 14.7 Å². The van der Waals surface area contributed by atoms with Crippen LogP contribution in [-0.2, 0) is 9.59 Å². The van der Waals surface area contributed by atoms with Crippen LogP contribution in [0.4, 0.5) is 5.69 Å². The van der Waals surface area contributed by atoms with E-state index < -0.39 is 12.1 Å². The molecule has 6 nitrogen and oxygen atoms in total. The van der Waals surface area contributed by atoms with Gasteiger partial charge in [-0.05, 0) is 54.5 Å². The van der Waals surface area contributed by atoms with Gasteiger partial charge >= 0.3 is 5.97 Å². The number of carboxylic acids is 1. The van der Waals surface area contributed by atoms with Crippen LogP contribution in [0.25, 0.3) is 6.08 Å². The third-order valence-corrected chi connectivity index (χ3v) is 5.31. The Bertz CT molecular complexity index is 938. The third kappa shape index (κ3) is 4.35. The minimum atomic E-state index is -1.01. The number of hydrogen-bond donors (Lipinski definition) is 2. The number of nitrogens with zero attached hydrogens (tertiary/aromatic N) is 1. The van der Waals surface area contributed by atoms with Crippen LogP contribution in [0.15, 0.2) is 53.4 Å². The average molecular weight is 415 g/mol. The van der Waals surface area contributed by atoms with Crippen molar-refractivity contribution in [1.29, 1.82) is 0 Å². The van der Waals surface area contributed by atoms with Gasteiger partial charge in [0.25, 0.3) is 5.91 Å². The summed E-state index contributed by atoms with van der Waals surface area (Å²) in [6, 6.07) is 13.1. The number of aliphatic carboxylic acids is 1. The van der Waals surface area contributed by atoms with Crippen LogP contribution >= 0.6 is 24.0 Å². The van der Waals surface area contributed by atoms with E-state index in [1.165, 1.54) is 28.8 Å². The van der Waals surface area contributed by atoms with Gasteiger partial charge in [0, 0.05) is 0 Å². The Hall–Kier alpha value is -2.84. The van der Waals surface area contributed by atoms with E-state index in [0.717, 1.165) is 5.56 Å². The number of rotatable bonds is 6. The Morgan fingerprint density at radius 2 is 1.86 bits per heavy atom. The van der Waals surface area contributed by atoms with Crippen LogP contribution in [0, 0.1) is 0 Å². The number of phenolic OH excluding ortho intramolecular Hbond substituents is 1. The van der Waals surface area contributed by atoms with Crippen molar-refractivity contribution >= 4 is 51.9 Å². The fourth-order valence-corrected chi connectivity index (χ4v) is 3.86. The first-order valence-corrected chi connectivity index (χ1v) is 9.68. The summed E-state index contributed by atoms with van der Waals surface area (Å²) in [6.07, 6.45) is 1.18. The van der Waals surface area contributed by atoms with Gasteiger partial charge in [0.05, 0.1) is 10.6 Å². The number of ether oxygens (including phenoxy) is 1. The second-order valence-electron chi connectivity index (χ2n) is 5.96. The van der Waals surface area contributed by atoms with Gasteiger partial charge in [-0.15, -0.1) is 0 Å². The Balaban J connectivity index is 1.76. The largest absolute Gasteiger partial charge is 0.508 e. The molecule has 1 saturated heterocycles. The first-order valence-electron chi connectivity index (χ1n) is 8.45. The number of thiocarbonyl (C=S) groups is 1. The van der Waals surface area contributed by atoms with Crippen LogP contribution in [-0.4, -0.2) is 32.5 Å². The van der Waals surface area contributed by atoms with E-state index in [1.807, 2.05) is 0 Å². The first kappa shape index (κ1) is 19.9. The van der Waals surface area contributed by atoms with Gasteiger partial charge in [-0.3, -0.25) is 9.69 Å². The molecular formula is C20H17NO5S2. The second-order valence-corrected chi connectivity index (χ2v) is 7.63. The summed E-state index contributed by atoms with van der Waals surface area (Å²) in [7, 11) is 0. The lowest BCUT2D eigenvalue weighted by molar-refractivity contribution is -0.145. The lowest BCUT2D eigenvalue weighted by Gasteiger charge is -2.14. The smallest absolute Gasteiger partial charge is 0.344 e. The van der Waals surface area contributed by atoms with Crippen molar-refractivity contribution in [3.8, 4) is 11.5 Å². The molecule has 3 rings (SSSR count). The van der Waals surface area contributed by atoms with Gasteiger partial charge in [0.2, 0.25) is 0 Å². The van der Waals surface area contributed by atoms with Gasteiger partial charge in [0.15, 0.2) is 10.4 Å². The number of hydrogen-bond acceptors (Lipinski definition) is 6. The van der Waals surface area contributed by atoms with E-state index in [1.54, 1.807) is 49.4 Å². The summed E-state index contributed by atoms with van der Waals surface area (Å²) in [5, 5.41) is 18.5. The normalized spacial score (nSPS) is 16.5. The maximum atomic E-state index is 12.7. The molecule has 0 saturated carbocycles. The number of carbonyl (C=O) groups excluding carboxylic acids is 1. The molecule has 2 N–H and O–H groups in total. The molecule has 144 valence electrons. The molecule has 2 aromatic rings. The van der Waals surface area contributed by atoms with Gasteiger partial charge < -0.3 is 14.9 Å². The standard InChI is InChI=1S/C20H17NO5S2/c1-2-16(19(24)25)26-15-9-3-12(4-10-15)11-17-18(23)21(20(27)28-17)13-5-7-14(22)8-6-13/h3-11,16,22H,2H2,1H3,(H,24,25)/b17-11+. The molecule has 28 heavy (non-hydrogen) atoms. The number of thioether (sulfide) groups is 1. The maximum absolute atomic E-state index is 12.7. The topological polar surface area (TPSA) is 87.1 Å². The highest BCUT2D eigenvalue weighted by atomic mass is 32.2. The van der Waals surface area contributed by atoms with Gasteiger partial charge in [-0.1, -0.05) is 43.0 Å². The van der Waals surface area contributed by atoms with E-state index in [2.05, 4.69) is 0 Å². The van der Waals surface area contributed by atoms with Crippen molar-refractivity contribution < 1.29 is 24.5 Å². The Morgan fingerprint density at radius 3 is 2.43 bits per heavy atom. The van der Waals surface area contributed by atoms with Crippen LogP contribution < -0.4 is 9.64 Å². The predicted molar refractivity (Wildman–Crippen MR) is 113 cm³/mol. The second kappa shape index (κ2) is 8.45. The SMILES string of the molecule is CCC(Oc1ccc(/C=C2/SC(=S)N(c3ccc(O)cc3)C2=O)cc1)C(=O)O. The Labute approximate surface area is 171 Å². The van der Waals surface area contributed by atoms with E-state index in [-0.39, 0.29) is 11.7 Å². The lowest BCUT2D eigenvalue weighted by Crippen LogP contribution is -2.27. The summed E-state index contributed by atoms with van der Waals surface area (Å²) in [5.74, 6) is -0.689. The van der Waals surface area contributed by atoms with Crippen molar-refractivity contribution in [2.45, 2.75) is 19.4 Å². The molecule has 0 radical (unpaired) electrons. The van der Waals surface area contributed by atoms with Crippen molar-refractivity contribution in [2.24, 2.45) is 0 Å². The molecule has 0 spiro atoms. The van der Waals surface area contributed by atoms with Gasteiger partial charge in [0.1, 0.15) is 11.5 Å². The summed E-state index contributed by atoms with van der Waals surface area (Å²) < 4.78 is 5.84. The van der Waals surface area contributed by atoms with Crippen molar-refractivity contribution in [1.82, 2.24) is 0 Å². The zero-order chi connectivity index (χ0) is 20.3. The number of benzene rings is 2. The van der Waals surface area contributed by atoms with Crippen LogP contribution in [0.1, 0.15) is 18.9 Å². The highest BCUT2D eigenvalue weighted by Crippen LogP contribution is 2.36. The quantitative estimate of drug-likeness (QED) is 0.544. The molecule has 0 aliphatic carbocycles. The minimum absolute atomic E-state index is 0.111. The fraction of sp³-hybridized carbons (Fsp3) is 0.150. The molecule has 2 aromatic carbocycles. The molecule has 0 bridgehead atoms. The highest BCUT2D eigenvalue weighted by molar-refractivity contribution is 8.27. The molecule has 1 amide bonds. The van der Waals surface area contributed by atoms with E-state index in [0.29, 0.717) is 27.1 Å². The van der Waals surface area contributed by atoms with Crippen molar-refractivity contribution in [3.63, 3.8) is 0 Å². The van der Waals surface area contributed by atoms with Crippen LogP contribution in [0.3, 0.4) is 0 Å². The number of carboxylic acid groups (broad SMARTS) is 1. The monoisotopic (exact) mass is 415 g/mol. The number of phenols is 1. The first-order chi connectivity index (χ1) is 13.4. The van der Waals surface area contributed by atoms with Crippen molar-refractivity contribution in [3.05, 3.63) is 59.0 Å². The maximum Gasteiger partial charge on any atom is 0.344 e. The summed E-state index contributed by atoms with van der Waals surface area (Å²) in [5.41, 5.74) is 1.36. The average Bonchev–Trinajstić information content (AvgIpc) is 2.95. The molecule has 1 heterocycles. The summed E-state index contributed by atoms with van der Waals surface area (Å²) >= 11 is 6.52. The molecule has 1 atom stereocenters. The molecule has 1 aliphatic rings. The number of carbonyl (C=O) groups is 2. The summed E-state index contributed by atoms with van der Waals surface area (Å²) in [4.78, 5) is 25.7. The van der Waals surface area contributed by atoms with Crippen LogP contribution in [0.2, 0.25) is 0 Å². The predicted octanol–water partition coefficient (Wildman–Crippen LogP) is 4.04. The zero-order valence-corrected chi connectivity index (χ0v) is 16.5. The molecule has 1 aliphatic heterocycles.